The Hall–Kier alpha value is -4.66. The molecule has 0 radical (unpaired) electrons. The summed E-state index contributed by atoms with van der Waals surface area (Å²) < 4.78 is 0. The zero-order valence-electron chi connectivity index (χ0n) is 23.8. The zero-order chi connectivity index (χ0) is 31.4. The lowest BCUT2D eigenvalue weighted by Crippen LogP contribution is -2.57. The lowest BCUT2D eigenvalue weighted by atomic mass is 10.0. The average Bonchev–Trinajstić information content (AvgIpc) is 3.31. The molecule has 0 fully saturated rings. The summed E-state index contributed by atoms with van der Waals surface area (Å²) in [4.78, 5) is 69.3. The number of aromatic amines is 1. The quantitative estimate of drug-likeness (QED) is 0.0594. The van der Waals surface area contributed by atoms with E-state index in [9.17, 15) is 29.1 Å². The molecule has 4 atom stereocenters. The van der Waals surface area contributed by atoms with Crippen LogP contribution in [0.5, 0.6) is 0 Å². The van der Waals surface area contributed by atoms with Gasteiger partial charge >= 0.3 is 5.97 Å². The minimum Gasteiger partial charge on any atom is -0.480 e. The third-order valence-electron chi connectivity index (χ3n) is 6.39. The van der Waals surface area contributed by atoms with E-state index in [1.54, 1.807) is 6.20 Å². The minimum absolute atomic E-state index is 0.0834. The van der Waals surface area contributed by atoms with Crippen LogP contribution < -0.4 is 38.9 Å². The van der Waals surface area contributed by atoms with E-state index in [2.05, 4.69) is 25.9 Å². The molecule has 0 saturated heterocycles. The number of nitrogens with one attached hydrogen (secondary N) is 4. The van der Waals surface area contributed by atoms with E-state index in [1.165, 1.54) is 0 Å². The monoisotopic (exact) mass is 587 g/mol. The van der Waals surface area contributed by atoms with E-state index in [-0.39, 0.29) is 37.7 Å². The highest BCUT2D eigenvalue weighted by molar-refractivity contribution is 5.95. The Kier molecular flexibility index (Phi) is 12.7. The number of aromatic nitrogens is 1. The number of guanidine groups is 1. The van der Waals surface area contributed by atoms with E-state index >= 15 is 0 Å². The van der Waals surface area contributed by atoms with Crippen LogP contribution in [0.3, 0.4) is 0 Å². The summed E-state index contributed by atoms with van der Waals surface area (Å²) in [5.41, 5.74) is 23.8. The average molecular weight is 588 g/mol. The standard InChI is InChI=1S/C27H41N9O6/c1-14(2)10-20(25(40)36-21(26(41)42)12-22(29)37)35-24(39)19(8-5-9-32-27(30)31)34-23(38)17(28)11-15-13-33-18-7-4-3-6-16(15)18/h3-4,6-7,13-14,17,19-21,33H,5,8-12,28H2,1-2H3,(H2,29,37)(H,34,38)(H,35,39)(H,36,40)(H,41,42)(H4,30,31,32). The van der Waals surface area contributed by atoms with Crippen LogP contribution in [0, 0.1) is 5.92 Å². The molecule has 0 aliphatic heterocycles. The number of carboxylic acids is 1. The molecule has 0 saturated carbocycles. The first-order chi connectivity index (χ1) is 19.8. The van der Waals surface area contributed by atoms with Gasteiger partial charge in [0.15, 0.2) is 5.96 Å². The van der Waals surface area contributed by atoms with Crippen LogP contribution in [0.4, 0.5) is 0 Å². The van der Waals surface area contributed by atoms with Crippen molar-refractivity contribution in [1.82, 2.24) is 20.9 Å². The van der Waals surface area contributed by atoms with Crippen molar-refractivity contribution in [2.75, 3.05) is 6.54 Å². The number of carbonyl (C=O) groups excluding carboxylic acids is 4. The van der Waals surface area contributed by atoms with Gasteiger partial charge in [-0.25, -0.2) is 4.79 Å². The Morgan fingerprint density at radius 1 is 0.929 bits per heavy atom. The van der Waals surface area contributed by atoms with E-state index in [1.807, 2.05) is 38.1 Å². The molecule has 0 aliphatic carbocycles. The summed E-state index contributed by atoms with van der Waals surface area (Å²) in [6.07, 6.45) is 1.93. The van der Waals surface area contributed by atoms with Crippen molar-refractivity contribution < 1.29 is 29.1 Å². The number of fused-ring (bicyclic) bond motifs is 1. The third-order valence-corrected chi connectivity index (χ3v) is 6.39. The fraction of sp³-hybridized carbons (Fsp3) is 0.481. The summed E-state index contributed by atoms with van der Waals surface area (Å²) in [5, 5.41) is 17.8. The van der Waals surface area contributed by atoms with Gasteiger partial charge in [0.1, 0.15) is 18.1 Å². The highest BCUT2D eigenvalue weighted by atomic mass is 16.4. The van der Waals surface area contributed by atoms with Gasteiger partial charge in [0.2, 0.25) is 23.6 Å². The first-order valence-electron chi connectivity index (χ1n) is 13.6. The second-order valence-electron chi connectivity index (χ2n) is 10.4. The molecule has 0 bridgehead atoms. The Bertz CT molecular complexity index is 1290. The summed E-state index contributed by atoms with van der Waals surface area (Å²) >= 11 is 0. The Morgan fingerprint density at radius 2 is 1.55 bits per heavy atom. The van der Waals surface area contributed by atoms with Gasteiger partial charge in [0, 0.05) is 23.6 Å². The Balaban J connectivity index is 2.18. The molecule has 4 amide bonds. The van der Waals surface area contributed by atoms with Crippen LogP contribution in [0.1, 0.15) is 45.1 Å². The maximum atomic E-state index is 13.4. The smallest absolute Gasteiger partial charge is 0.326 e. The predicted octanol–water partition coefficient (Wildman–Crippen LogP) is -1.45. The van der Waals surface area contributed by atoms with Crippen molar-refractivity contribution in [2.45, 2.75) is 70.1 Å². The number of benzene rings is 1. The maximum Gasteiger partial charge on any atom is 0.326 e. The van der Waals surface area contributed by atoms with Crippen molar-refractivity contribution in [1.29, 1.82) is 0 Å². The van der Waals surface area contributed by atoms with Gasteiger partial charge in [-0.15, -0.1) is 0 Å². The van der Waals surface area contributed by atoms with Gasteiger partial charge in [-0.3, -0.25) is 24.2 Å². The molecule has 1 aromatic carbocycles. The van der Waals surface area contributed by atoms with Crippen LogP contribution in [-0.2, 0) is 30.4 Å². The molecule has 15 nitrogen and oxygen atoms in total. The molecule has 2 aromatic rings. The number of H-pyrrole nitrogens is 1. The molecule has 13 N–H and O–H groups in total. The van der Waals surface area contributed by atoms with E-state index in [0.29, 0.717) is 6.42 Å². The number of aliphatic carboxylic acids is 1. The molecular weight excluding hydrogens is 546 g/mol. The normalized spacial score (nSPS) is 13.9. The number of aliphatic imine (C=N–C) groups is 1. The van der Waals surface area contributed by atoms with Crippen molar-refractivity contribution in [2.24, 2.45) is 33.8 Å². The van der Waals surface area contributed by atoms with Crippen LogP contribution in [0.15, 0.2) is 35.5 Å². The molecule has 1 heterocycles. The van der Waals surface area contributed by atoms with Crippen molar-refractivity contribution in [3.05, 3.63) is 36.0 Å². The Labute approximate surface area is 243 Å². The predicted molar refractivity (Wildman–Crippen MR) is 157 cm³/mol. The number of hydrogen-bond acceptors (Lipinski definition) is 7. The molecule has 0 spiro atoms. The molecule has 1 aromatic heterocycles. The van der Waals surface area contributed by atoms with Gasteiger partial charge in [-0.05, 0) is 43.2 Å². The maximum absolute atomic E-state index is 13.4. The third kappa shape index (κ3) is 10.7. The number of amides is 4. The fourth-order valence-corrected chi connectivity index (χ4v) is 4.33. The zero-order valence-corrected chi connectivity index (χ0v) is 23.8. The first kappa shape index (κ1) is 33.5. The van der Waals surface area contributed by atoms with Crippen LogP contribution in [0.2, 0.25) is 0 Å². The molecule has 42 heavy (non-hydrogen) atoms. The second kappa shape index (κ2) is 16.0. The molecule has 4 unspecified atom stereocenters. The van der Waals surface area contributed by atoms with Crippen molar-refractivity contribution in [3.63, 3.8) is 0 Å². The summed E-state index contributed by atoms with van der Waals surface area (Å²) in [6, 6.07) is 2.73. The molecule has 2 rings (SSSR count). The van der Waals surface area contributed by atoms with Gasteiger partial charge in [0.05, 0.1) is 12.5 Å². The number of para-hydroxylation sites is 1. The van der Waals surface area contributed by atoms with Gasteiger partial charge in [-0.1, -0.05) is 32.0 Å². The number of carboxylic acid groups (broad SMARTS) is 1. The molecule has 0 aliphatic rings. The van der Waals surface area contributed by atoms with Crippen LogP contribution in [-0.4, -0.2) is 76.4 Å². The topological polar surface area (TPSA) is 274 Å². The number of nitrogens with zero attached hydrogens (tertiary/aromatic N) is 1. The number of primary amides is 1. The molecule has 230 valence electrons. The number of nitrogens with two attached hydrogens (primary N) is 4. The van der Waals surface area contributed by atoms with Crippen molar-refractivity contribution >= 4 is 46.5 Å². The number of hydrogen-bond donors (Lipinski definition) is 9. The number of carbonyl (C=O) groups is 5. The highest BCUT2D eigenvalue weighted by Crippen LogP contribution is 2.19. The largest absolute Gasteiger partial charge is 0.480 e. The van der Waals surface area contributed by atoms with Crippen molar-refractivity contribution in [3.8, 4) is 0 Å². The van der Waals surface area contributed by atoms with Gasteiger partial charge in [0.25, 0.3) is 0 Å². The lowest BCUT2D eigenvalue weighted by molar-refractivity contribution is -0.144. The highest BCUT2D eigenvalue weighted by Gasteiger charge is 2.31. The SMILES string of the molecule is CC(C)CC(NC(=O)C(CCCN=C(N)N)NC(=O)C(N)Cc1c[nH]c2ccccc12)C(=O)NC(CC(N)=O)C(=O)O. The van der Waals surface area contributed by atoms with E-state index in [4.69, 9.17) is 22.9 Å². The fourth-order valence-electron chi connectivity index (χ4n) is 4.33. The van der Waals surface area contributed by atoms with Gasteiger partial charge in [-0.2, -0.15) is 0 Å². The van der Waals surface area contributed by atoms with E-state index < -0.39 is 60.2 Å². The summed E-state index contributed by atoms with van der Waals surface area (Å²) in [6.45, 7) is 3.80. The van der Waals surface area contributed by atoms with E-state index in [0.717, 1.165) is 16.5 Å². The lowest BCUT2D eigenvalue weighted by Gasteiger charge is -2.26. The second-order valence-corrected chi connectivity index (χ2v) is 10.4. The molecular formula is C27H41N9O6. The first-order valence-corrected chi connectivity index (χ1v) is 13.6. The van der Waals surface area contributed by atoms with Gasteiger partial charge < -0.3 is 49.0 Å². The minimum atomic E-state index is -1.57. The summed E-state index contributed by atoms with van der Waals surface area (Å²) in [5.74, 6) is -4.66. The number of rotatable bonds is 17. The van der Waals surface area contributed by atoms with Crippen LogP contribution >= 0.6 is 0 Å². The molecule has 15 heteroatoms. The van der Waals surface area contributed by atoms with Crippen LogP contribution in [0.25, 0.3) is 10.9 Å². The summed E-state index contributed by atoms with van der Waals surface area (Å²) in [7, 11) is 0. The Morgan fingerprint density at radius 3 is 2.17 bits per heavy atom.